The van der Waals surface area contributed by atoms with Gasteiger partial charge < -0.3 is 10.2 Å². The van der Waals surface area contributed by atoms with E-state index in [2.05, 4.69) is 17.3 Å². The Hall–Kier alpha value is -0.0800. The monoisotopic (exact) mass is 154 g/mol. The second-order valence-electron chi connectivity index (χ2n) is 4.03. The van der Waals surface area contributed by atoms with Gasteiger partial charge in [-0.05, 0) is 38.8 Å². The van der Waals surface area contributed by atoms with Crippen LogP contribution in [0.4, 0.5) is 0 Å². The Morgan fingerprint density at radius 2 is 2.18 bits per heavy atom. The zero-order valence-electron chi connectivity index (χ0n) is 7.34. The average Bonchev–Trinajstić information content (AvgIpc) is 1.92. The van der Waals surface area contributed by atoms with Gasteiger partial charge in [-0.1, -0.05) is 0 Å². The number of hydrogen-bond acceptors (Lipinski definition) is 2. The number of nitrogens with one attached hydrogen (secondary N) is 1. The first-order valence-electron chi connectivity index (χ1n) is 4.77. The average molecular weight is 154 g/mol. The van der Waals surface area contributed by atoms with Crippen LogP contribution in [0.15, 0.2) is 0 Å². The summed E-state index contributed by atoms with van der Waals surface area (Å²) in [5.74, 6) is 0.976. The van der Waals surface area contributed by atoms with Gasteiger partial charge in [0.15, 0.2) is 0 Å². The number of piperidine rings is 1. The minimum atomic E-state index is 0.826. The molecule has 2 atom stereocenters. The summed E-state index contributed by atoms with van der Waals surface area (Å²) in [4.78, 5) is 2.53. The van der Waals surface area contributed by atoms with Gasteiger partial charge in [-0.15, -0.1) is 0 Å². The number of hydrogen-bond donors (Lipinski definition) is 1. The SMILES string of the molecule is CN1CC2CCNCC1CC2. The van der Waals surface area contributed by atoms with Crippen LogP contribution in [0, 0.1) is 5.92 Å². The van der Waals surface area contributed by atoms with E-state index in [1.807, 2.05) is 0 Å². The lowest BCUT2D eigenvalue weighted by atomic mass is 9.89. The molecule has 2 unspecified atom stereocenters. The van der Waals surface area contributed by atoms with Crippen LogP contribution in [-0.4, -0.2) is 37.6 Å². The van der Waals surface area contributed by atoms with Gasteiger partial charge >= 0.3 is 0 Å². The molecule has 0 radical (unpaired) electrons. The Kier molecular flexibility index (Phi) is 2.14. The van der Waals surface area contributed by atoms with Crippen LogP contribution in [0.2, 0.25) is 0 Å². The highest BCUT2D eigenvalue weighted by molar-refractivity contribution is 4.83. The van der Waals surface area contributed by atoms with Crippen LogP contribution in [0.3, 0.4) is 0 Å². The summed E-state index contributed by atoms with van der Waals surface area (Å²) >= 11 is 0. The molecule has 1 N–H and O–H groups in total. The van der Waals surface area contributed by atoms with Crippen molar-refractivity contribution in [2.45, 2.75) is 25.3 Å². The maximum absolute atomic E-state index is 3.51. The zero-order valence-corrected chi connectivity index (χ0v) is 7.34. The van der Waals surface area contributed by atoms with Crippen molar-refractivity contribution in [2.75, 3.05) is 26.7 Å². The molecule has 2 nitrogen and oxygen atoms in total. The first-order chi connectivity index (χ1) is 5.36. The van der Waals surface area contributed by atoms with Gasteiger partial charge in [0.2, 0.25) is 0 Å². The first-order valence-corrected chi connectivity index (χ1v) is 4.77. The third-order valence-electron chi connectivity index (χ3n) is 3.19. The highest BCUT2D eigenvalue weighted by Crippen LogP contribution is 2.24. The molecule has 2 bridgehead atoms. The molecule has 0 aliphatic carbocycles. The summed E-state index contributed by atoms with van der Waals surface area (Å²) in [5, 5.41) is 3.51. The van der Waals surface area contributed by atoms with Crippen molar-refractivity contribution < 1.29 is 0 Å². The molecule has 0 amide bonds. The summed E-state index contributed by atoms with van der Waals surface area (Å²) < 4.78 is 0. The van der Waals surface area contributed by atoms with Gasteiger partial charge in [-0.25, -0.2) is 0 Å². The van der Waals surface area contributed by atoms with Crippen LogP contribution in [0.1, 0.15) is 19.3 Å². The Morgan fingerprint density at radius 3 is 3.00 bits per heavy atom. The van der Waals surface area contributed by atoms with Crippen molar-refractivity contribution >= 4 is 0 Å². The standard InChI is InChI=1S/C9H18N2/c1-11-7-8-2-3-9(11)6-10-5-4-8/h8-10H,2-7H2,1H3. The Bertz CT molecular complexity index is 132. The van der Waals surface area contributed by atoms with Crippen molar-refractivity contribution in [2.24, 2.45) is 5.92 Å². The molecule has 64 valence electrons. The van der Waals surface area contributed by atoms with Gasteiger partial charge in [0, 0.05) is 19.1 Å². The molecule has 2 heteroatoms. The van der Waals surface area contributed by atoms with Gasteiger partial charge in [0.05, 0.1) is 0 Å². The summed E-state index contributed by atoms with van der Waals surface area (Å²) in [6.45, 7) is 3.80. The normalized spacial score (nSPS) is 40.1. The van der Waals surface area contributed by atoms with Crippen molar-refractivity contribution in [1.82, 2.24) is 10.2 Å². The van der Waals surface area contributed by atoms with E-state index in [1.165, 1.54) is 38.9 Å². The Balaban J connectivity index is 2.01. The fourth-order valence-corrected chi connectivity index (χ4v) is 2.36. The molecule has 3 rings (SSSR count). The lowest BCUT2D eigenvalue weighted by Crippen LogP contribution is -2.49. The molecule has 0 aromatic carbocycles. The summed E-state index contributed by atoms with van der Waals surface area (Å²) in [6, 6.07) is 0.826. The van der Waals surface area contributed by atoms with E-state index in [-0.39, 0.29) is 0 Å². The quantitative estimate of drug-likeness (QED) is 0.552. The lowest BCUT2D eigenvalue weighted by molar-refractivity contribution is 0.115. The molecule has 3 fully saturated rings. The van der Waals surface area contributed by atoms with Gasteiger partial charge in [-0.3, -0.25) is 0 Å². The van der Waals surface area contributed by atoms with Gasteiger partial charge in [-0.2, -0.15) is 0 Å². The third-order valence-corrected chi connectivity index (χ3v) is 3.19. The van der Waals surface area contributed by atoms with Crippen molar-refractivity contribution in [3.8, 4) is 0 Å². The molecular formula is C9H18N2. The Morgan fingerprint density at radius 1 is 1.27 bits per heavy atom. The van der Waals surface area contributed by atoms with Crippen LogP contribution in [0.25, 0.3) is 0 Å². The van der Waals surface area contributed by atoms with Crippen LogP contribution in [0.5, 0.6) is 0 Å². The lowest BCUT2D eigenvalue weighted by Gasteiger charge is -2.39. The topological polar surface area (TPSA) is 15.3 Å². The predicted octanol–water partition coefficient (Wildman–Crippen LogP) is 0.690. The zero-order chi connectivity index (χ0) is 7.68. The van der Waals surface area contributed by atoms with Crippen LogP contribution >= 0.6 is 0 Å². The summed E-state index contributed by atoms with van der Waals surface area (Å²) in [5.41, 5.74) is 0. The van der Waals surface area contributed by atoms with E-state index in [9.17, 15) is 0 Å². The fourth-order valence-electron chi connectivity index (χ4n) is 2.36. The summed E-state index contributed by atoms with van der Waals surface area (Å²) in [6.07, 6.45) is 4.27. The van der Waals surface area contributed by atoms with Gasteiger partial charge in [0.25, 0.3) is 0 Å². The molecule has 0 saturated carbocycles. The molecular weight excluding hydrogens is 136 g/mol. The van der Waals surface area contributed by atoms with E-state index in [0.717, 1.165) is 12.0 Å². The number of rotatable bonds is 0. The maximum atomic E-state index is 3.51. The Labute approximate surface area is 69.0 Å². The molecule has 0 aromatic heterocycles. The highest BCUT2D eigenvalue weighted by Gasteiger charge is 2.26. The minimum absolute atomic E-state index is 0.826. The van der Waals surface area contributed by atoms with E-state index in [1.54, 1.807) is 0 Å². The van der Waals surface area contributed by atoms with Crippen LogP contribution in [-0.2, 0) is 0 Å². The molecule has 0 aromatic rings. The van der Waals surface area contributed by atoms with E-state index >= 15 is 0 Å². The second kappa shape index (κ2) is 3.11. The van der Waals surface area contributed by atoms with Crippen molar-refractivity contribution in [3.63, 3.8) is 0 Å². The first kappa shape index (κ1) is 7.56. The van der Waals surface area contributed by atoms with Gasteiger partial charge in [0.1, 0.15) is 0 Å². The molecule has 11 heavy (non-hydrogen) atoms. The minimum Gasteiger partial charge on any atom is -0.315 e. The van der Waals surface area contributed by atoms with Crippen molar-refractivity contribution in [1.29, 1.82) is 0 Å². The molecule has 3 aliphatic rings. The third kappa shape index (κ3) is 1.57. The molecule has 3 heterocycles. The van der Waals surface area contributed by atoms with Crippen LogP contribution < -0.4 is 5.32 Å². The molecule has 3 saturated heterocycles. The number of fused-ring (bicyclic) bond motifs is 5. The largest absolute Gasteiger partial charge is 0.315 e. The highest BCUT2D eigenvalue weighted by atomic mass is 15.2. The van der Waals surface area contributed by atoms with Crippen molar-refractivity contribution in [3.05, 3.63) is 0 Å². The predicted molar refractivity (Wildman–Crippen MR) is 46.6 cm³/mol. The number of likely N-dealkylation sites (N-methyl/N-ethyl adjacent to an activating group) is 1. The summed E-state index contributed by atoms with van der Waals surface area (Å²) in [7, 11) is 2.27. The molecule has 0 spiro atoms. The number of nitrogens with zero attached hydrogens (tertiary/aromatic N) is 1. The van der Waals surface area contributed by atoms with E-state index in [4.69, 9.17) is 0 Å². The van der Waals surface area contributed by atoms with E-state index in [0.29, 0.717) is 0 Å². The molecule has 3 aliphatic heterocycles. The second-order valence-corrected chi connectivity index (χ2v) is 4.03. The van der Waals surface area contributed by atoms with E-state index < -0.39 is 0 Å². The fraction of sp³-hybridized carbons (Fsp3) is 1.00. The smallest absolute Gasteiger partial charge is 0.0217 e. The maximum Gasteiger partial charge on any atom is 0.0217 e.